The molecule has 0 fully saturated rings. The smallest absolute Gasteiger partial charge is 0.225 e. The van der Waals surface area contributed by atoms with Gasteiger partial charge in [-0.2, -0.15) is 0 Å². The van der Waals surface area contributed by atoms with Gasteiger partial charge in [-0.3, -0.25) is 4.79 Å². The molecule has 0 saturated heterocycles. The lowest BCUT2D eigenvalue weighted by Gasteiger charge is -2.29. The van der Waals surface area contributed by atoms with Crippen LogP contribution in [0.1, 0.15) is 38.8 Å². The molecule has 0 spiro atoms. The number of rotatable bonds is 4. The van der Waals surface area contributed by atoms with Crippen molar-refractivity contribution < 1.29 is 4.79 Å². The molecule has 1 atom stereocenters. The molecule has 0 heterocycles. The second-order valence-electron chi connectivity index (χ2n) is 4.44. The van der Waals surface area contributed by atoms with Gasteiger partial charge in [0.25, 0.3) is 0 Å². The predicted octanol–water partition coefficient (Wildman–Crippen LogP) is 3.25. The highest BCUT2D eigenvalue weighted by molar-refractivity contribution is 5.78. The maximum atomic E-state index is 11.9. The Bertz CT molecular complexity index is 332. The molecule has 0 N–H and O–H groups in total. The van der Waals surface area contributed by atoms with Crippen molar-refractivity contribution in [3.8, 4) is 0 Å². The molecule has 0 bridgehead atoms. The van der Waals surface area contributed by atoms with Gasteiger partial charge in [0.15, 0.2) is 0 Å². The fourth-order valence-corrected chi connectivity index (χ4v) is 1.97. The van der Waals surface area contributed by atoms with Crippen molar-refractivity contribution in [1.29, 1.82) is 0 Å². The summed E-state index contributed by atoms with van der Waals surface area (Å²) in [5, 5.41) is 0. The second kappa shape index (κ2) is 5.69. The Labute approximate surface area is 98.3 Å². The van der Waals surface area contributed by atoms with Crippen LogP contribution in [0.5, 0.6) is 0 Å². The van der Waals surface area contributed by atoms with Crippen LogP contribution < -0.4 is 0 Å². The SMILES string of the molecule is CCC(c1ccccc1)N(C)C(=O)C(C)C. The van der Waals surface area contributed by atoms with Gasteiger partial charge in [0.1, 0.15) is 0 Å². The molecule has 2 nitrogen and oxygen atoms in total. The first-order valence-corrected chi connectivity index (χ1v) is 5.89. The summed E-state index contributed by atoms with van der Waals surface area (Å²) in [5.74, 6) is 0.262. The molecule has 1 rings (SSSR count). The molecule has 0 saturated carbocycles. The zero-order valence-corrected chi connectivity index (χ0v) is 10.6. The van der Waals surface area contributed by atoms with Crippen LogP contribution in [0.25, 0.3) is 0 Å². The van der Waals surface area contributed by atoms with Crippen molar-refractivity contribution in [2.45, 2.75) is 33.2 Å². The van der Waals surface area contributed by atoms with E-state index in [1.165, 1.54) is 5.56 Å². The summed E-state index contributed by atoms with van der Waals surface area (Å²) in [4.78, 5) is 13.8. The highest BCUT2D eigenvalue weighted by Crippen LogP contribution is 2.23. The van der Waals surface area contributed by atoms with Gasteiger partial charge >= 0.3 is 0 Å². The van der Waals surface area contributed by atoms with Gasteiger partial charge < -0.3 is 4.90 Å². The van der Waals surface area contributed by atoms with E-state index in [0.717, 1.165) is 6.42 Å². The van der Waals surface area contributed by atoms with Crippen molar-refractivity contribution in [3.63, 3.8) is 0 Å². The van der Waals surface area contributed by atoms with Crippen molar-refractivity contribution in [3.05, 3.63) is 35.9 Å². The Morgan fingerprint density at radius 2 is 1.81 bits per heavy atom. The van der Waals surface area contributed by atoms with Crippen LogP contribution in [0.3, 0.4) is 0 Å². The molecule has 16 heavy (non-hydrogen) atoms. The average molecular weight is 219 g/mol. The van der Waals surface area contributed by atoms with Crippen LogP contribution in [-0.2, 0) is 4.79 Å². The summed E-state index contributed by atoms with van der Waals surface area (Å²) in [6.45, 7) is 5.99. The number of hydrogen-bond donors (Lipinski definition) is 0. The molecule has 88 valence electrons. The molecular weight excluding hydrogens is 198 g/mol. The van der Waals surface area contributed by atoms with Crippen LogP contribution in [-0.4, -0.2) is 17.9 Å². The summed E-state index contributed by atoms with van der Waals surface area (Å²) >= 11 is 0. The Morgan fingerprint density at radius 1 is 1.25 bits per heavy atom. The summed E-state index contributed by atoms with van der Waals surface area (Å²) in [5.41, 5.74) is 1.21. The average Bonchev–Trinajstić information content (AvgIpc) is 2.30. The Morgan fingerprint density at radius 3 is 2.25 bits per heavy atom. The lowest BCUT2D eigenvalue weighted by Crippen LogP contribution is -2.33. The van der Waals surface area contributed by atoms with Gasteiger partial charge in [0, 0.05) is 13.0 Å². The Kier molecular flexibility index (Phi) is 4.53. The number of nitrogens with zero attached hydrogens (tertiary/aromatic N) is 1. The van der Waals surface area contributed by atoms with E-state index in [1.807, 2.05) is 44.0 Å². The van der Waals surface area contributed by atoms with Gasteiger partial charge in [0.05, 0.1) is 6.04 Å². The first kappa shape index (κ1) is 12.8. The van der Waals surface area contributed by atoms with E-state index in [-0.39, 0.29) is 17.9 Å². The highest BCUT2D eigenvalue weighted by atomic mass is 16.2. The standard InChI is InChI=1S/C14H21NO/c1-5-13(12-9-7-6-8-10-12)15(4)14(16)11(2)3/h6-11,13H,5H2,1-4H3. The third-order valence-electron chi connectivity index (χ3n) is 2.88. The topological polar surface area (TPSA) is 20.3 Å². The molecule has 1 unspecified atom stereocenters. The van der Waals surface area contributed by atoms with Crippen molar-refractivity contribution in [2.75, 3.05) is 7.05 Å². The van der Waals surface area contributed by atoms with Crippen LogP contribution >= 0.6 is 0 Å². The van der Waals surface area contributed by atoms with Gasteiger partial charge in [-0.15, -0.1) is 0 Å². The van der Waals surface area contributed by atoms with E-state index in [0.29, 0.717) is 0 Å². The molecule has 0 aromatic heterocycles. The fourth-order valence-electron chi connectivity index (χ4n) is 1.97. The normalized spacial score (nSPS) is 12.6. The Hall–Kier alpha value is -1.31. The number of carbonyl (C=O) groups excluding carboxylic acids is 1. The maximum absolute atomic E-state index is 11.9. The molecule has 2 heteroatoms. The third kappa shape index (κ3) is 2.84. The Balaban J connectivity index is 2.87. The van der Waals surface area contributed by atoms with Crippen molar-refractivity contribution >= 4 is 5.91 Å². The quantitative estimate of drug-likeness (QED) is 0.761. The predicted molar refractivity (Wildman–Crippen MR) is 67.1 cm³/mol. The van der Waals surface area contributed by atoms with Crippen molar-refractivity contribution in [1.82, 2.24) is 4.90 Å². The van der Waals surface area contributed by atoms with Crippen LogP contribution in [0.2, 0.25) is 0 Å². The summed E-state index contributed by atoms with van der Waals surface area (Å²) < 4.78 is 0. The number of benzene rings is 1. The van der Waals surface area contributed by atoms with E-state index >= 15 is 0 Å². The second-order valence-corrected chi connectivity index (χ2v) is 4.44. The minimum Gasteiger partial charge on any atom is -0.339 e. The van der Waals surface area contributed by atoms with Crippen molar-refractivity contribution in [2.24, 2.45) is 5.92 Å². The minimum absolute atomic E-state index is 0.0581. The fraction of sp³-hybridized carbons (Fsp3) is 0.500. The van der Waals surface area contributed by atoms with E-state index < -0.39 is 0 Å². The van der Waals surface area contributed by atoms with E-state index in [1.54, 1.807) is 0 Å². The lowest BCUT2D eigenvalue weighted by molar-refractivity contribution is -0.135. The number of hydrogen-bond acceptors (Lipinski definition) is 1. The summed E-state index contributed by atoms with van der Waals surface area (Å²) in [6.07, 6.45) is 0.943. The van der Waals surface area contributed by atoms with E-state index in [9.17, 15) is 4.79 Å². The minimum atomic E-state index is 0.0581. The monoisotopic (exact) mass is 219 g/mol. The first-order chi connectivity index (χ1) is 7.57. The molecule has 1 amide bonds. The number of carbonyl (C=O) groups is 1. The van der Waals surface area contributed by atoms with Gasteiger partial charge in [-0.25, -0.2) is 0 Å². The molecule has 0 radical (unpaired) electrons. The van der Waals surface area contributed by atoms with Crippen LogP contribution in [0.15, 0.2) is 30.3 Å². The van der Waals surface area contributed by atoms with Gasteiger partial charge in [-0.1, -0.05) is 51.1 Å². The van der Waals surface area contributed by atoms with E-state index in [2.05, 4.69) is 19.1 Å². The van der Waals surface area contributed by atoms with E-state index in [4.69, 9.17) is 0 Å². The molecule has 1 aromatic carbocycles. The summed E-state index contributed by atoms with van der Waals surface area (Å²) in [6, 6.07) is 10.4. The molecule has 0 aliphatic carbocycles. The maximum Gasteiger partial charge on any atom is 0.225 e. The number of amides is 1. The van der Waals surface area contributed by atoms with Gasteiger partial charge in [-0.05, 0) is 12.0 Å². The molecule has 0 aliphatic rings. The zero-order chi connectivity index (χ0) is 12.1. The summed E-state index contributed by atoms with van der Waals surface area (Å²) in [7, 11) is 1.89. The highest BCUT2D eigenvalue weighted by Gasteiger charge is 2.21. The lowest BCUT2D eigenvalue weighted by atomic mass is 10.0. The molecule has 0 aliphatic heterocycles. The van der Waals surface area contributed by atoms with Crippen LogP contribution in [0.4, 0.5) is 0 Å². The van der Waals surface area contributed by atoms with Gasteiger partial charge in [0.2, 0.25) is 5.91 Å². The third-order valence-corrected chi connectivity index (χ3v) is 2.88. The van der Waals surface area contributed by atoms with Crippen LogP contribution in [0, 0.1) is 5.92 Å². The molecule has 1 aromatic rings. The zero-order valence-electron chi connectivity index (χ0n) is 10.6. The molecular formula is C14H21NO. The largest absolute Gasteiger partial charge is 0.339 e. The first-order valence-electron chi connectivity index (χ1n) is 5.89.